The van der Waals surface area contributed by atoms with E-state index in [-0.39, 0.29) is 17.3 Å². The van der Waals surface area contributed by atoms with Gasteiger partial charge in [-0.2, -0.15) is 0 Å². The molecule has 0 spiro atoms. The molecule has 0 saturated carbocycles. The summed E-state index contributed by atoms with van der Waals surface area (Å²) >= 11 is 0. The summed E-state index contributed by atoms with van der Waals surface area (Å²) < 4.78 is 28.3. The van der Waals surface area contributed by atoms with E-state index in [0.717, 1.165) is 31.7 Å². The number of amides is 1. The van der Waals surface area contributed by atoms with Crippen molar-refractivity contribution in [3.8, 4) is 0 Å². The summed E-state index contributed by atoms with van der Waals surface area (Å²) in [6, 6.07) is 14.3. The second-order valence-electron chi connectivity index (χ2n) is 7.68. The van der Waals surface area contributed by atoms with E-state index < -0.39 is 10.0 Å². The fraction of sp³-hybridized carbons (Fsp3) is 0.381. The number of hydrogen-bond donors (Lipinski definition) is 2. The van der Waals surface area contributed by atoms with Gasteiger partial charge in [0.05, 0.1) is 4.90 Å². The molecule has 0 bridgehead atoms. The van der Waals surface area contributed by atoms with Gasteiger partial charge in [-0.3, -0.25) is 4.79 Å². The molecule has 28 heavy (non-hydrogen) atoms. The highest BCUT2D eigenvalue weighted by atomic mass is 32.2. The topological polar surface area (TPSA) is 78.5 Å². The standard InChI is InChI=1S/C21H25N3O3S/c1-15-7-8-17(21(25)24-13-18-11-22-12-19(18)14-24)9-20(15)28(26,27)23-10-16-5-3-2-4-6-16/h2-9,18-19,22-23H,10-14H2,1H3/t18-,19+. The Hall–Kier alpha value is -2.22. The molecular formula is C21H25N3O3S. The van der Waals surface area contributed by atoms with E-state index >= 15 is 0 Å². The van der Waals surface area contributed by atoms with Gasteiger partial charge in [0.2, 0.25) is 10.0 Å². The molecule has 2 aromatic carbocycles. The number of nitrogens with one attached hydrogen (secondary N) is 2. The van der Waals surface area contributed by atoms with Crippen LogP contribution >= 0.6 is 0 Å². The molecule has 2 aromatic rings. The van der Waals surface area contributed by atoms with E-state index in [1.807, 2.05) is 35.2 Å². The zero-order chi connectivity index (χ0) is 19.7. The van der Waals surface area contributed by atoms with Gasteiger partial charge in [-0.15, -0.1) is 0 Å². The van der Waals surface area contributed by atoms with Gasteiger partial charge >= 0.3 is 0 Å². The highest BCUT2D eigenvalue weighted by Crippen LogP contribution is 2.28. The maximum Gasteiger partial charge on any atom is 0.253 e. The fourth-order valence-corrected chi connectivity index (χ4v) is 5.36. The summed E-state index contributed by atoms with van der Waals surface area (Å²) in [4.78, 5) is 15.0. The van der Waals surface area contributed by atoms with Gasteiger partial charge in [0, 0.05) is 38.3 Å². The van der Waals surface area contributed by atoms with E-state index in [4.69, 9.17) is 0 Å². The molecule has 2 fully saturated rings. The Morgan fingerprint density at radius 3 is 2.46 bits per heavy atom. The molecule has 2 N–H and O–H groups in total. The van der Waals surface area contributed by atoms with Crippen molar-refractivity contribution >= 4 is 15.9 Å². The average Bonchev–Trinajstić information content (AvgIpc) is 3.29. The number of likely N-dealkylation sites (tertiary alicyclic amines) is 1. The lowest BCUT2D eigenvalue weighted by Gasteiger charge is -2.18. The van der Waals surface area contributed by atoms with Crippen LogP contribution in [0, 0.1) is 18.8 Å². The molecule has 0 unspecified atom stereocenters. The van der Waals surface area contributed by atoms with E-state index in [1.54, 1.807) is 19.1 Å². The number of fused-ring (bicyclic) bond motifs is 1. The van der Waals surface area contributed by atoms with Crippen molar-refractivity contribution in [1.29, 1.82) is 0 Å². The predicted molar refractivity (Wildman–Crippen MR) is 107 cm³/mol. The van der Waals surface area contributed by atoms with E-state index in [0.29, 0.717) is 23.0 Å². The summed E-state index contributed by atoms with van der Waals surface area (Å²) in [7, 11) is -3.71. The molecule has 4 rings (SSSR count). The van der Waals surface area contributed by atoms with Crippen molar-refractivity contribution < 1.29 is 13.2 Å². The van der Waals surface area contributed by atoms with Gasteiger partial charge in [-0.25, -0.2) is 13.1 Å². The van der Waals surface area contributed by atoms with Crippen LogP contribution in [0.2, 0.25) is 0 Å². The summed E-state index contributed by atoms with van der Waals surface area (Å²) in [5.74, 6) is 0.921. The van der Waals surface area contributed by atoms with Crippen molar-refractivity contribution in [3.63, 3.8) is 0 Å². The minimum absolute atomic E-state index is 0.0890. The van der Waals surface area contributed by atoms with Crippen molar-refractivity contribution in [1.82, 2.24) is 14.9 Å². The molecule has 0 aliphatic carbocycles. The number of sulfonamides is 1. The third kappa shape index (κ3) is 3.83. The molecule has 0 radical (unpaired) electrons. The minimum atomic E-state index is -3.71. The molecule has 148 valence electrons. The molecule has 2 atom stereocenters. The first kappa shape index (κ1) is 19.1. The van der Waals surface area contributed by atoms with Crippen LogP contribution in [0.5, 0.6) is 0 Å². The van der Waals surface area contributed by atoms with Crippen molar-refractivity contribution in [3.05, 3.63) is 65.2 Å². The van der Waals surface area contributed by atoms with Gasteiger partial charge in [-0.05, 0) is 42.0 Å². The van der Waals surface area contributed by atoms with Crippen LogP contribution in [-0.2, 0) is 16.6 Å². The highest BCUT2D eigenvalue weighted by molar-refractivity contribution is 7.89. The second-order valence-corrected chi connectivity index (χ2v) is 9.41. The third-order valence-electron chi connectivity index (χ3n) is 5.71. The zero-order valence-electron chi connectivity index (χ0n) is 15.9. The van der Waals surface area contributed by atoms with Crippen molar-refractivity contribution in [2.45, 2.75) is 18.4 Å². The second kappa shape index (κ2) is 7.66. The van der Waals surface area contributed by atoms with E-state index in [9.17, 15) is 13.2 Å². The van der Waals surface area contributed by atoms with Crippen LogP contribution in [0.15, 0.2) is 53.4 Å². The number of nitrogens with zero attached hydrogens (tertiary/aromatic N) is 1. The van der Waals surface area contributed by atoms with Crippen LogP contribution in [0.3, 0.4) is 0 Å². The van der Waals surface area contributed by atoms with Crippen LogP contribution in [0.1, 0.15) is 21.5 Å². The Morgan fingerprint density at radius 2 is 1.79 bits per heavy atom. The molecule has 2 saturated heterocycles. The van der Waals surface area contributed by atoms with Crippen LogP contribution < -0.4 is 10.0 Å². The number of carbonyl (C=O) groups excluding carboxylic acids is 1. The first-order chi connectivity index (χ1) is 13.4. The minimum Gasteiger partial charge on any atom is -0.338 e. The Bertz CT molecular complexity index is 964. The molecule has 2 heterocycles. The lowest BCUT2D eigenvalue weighted by atomic mass is 10.0. The SMILES string of the molecule is Cc1ccc(C(=O)N2C[C@H]3CNC[C@H]3C2)cc1S(=O)(=O)NCc1ccccc1. The van der Waals surface area contributed by atoms with E-state index in [1.165, 1.54) is 6.07 Å². The van der Waals surface area contributed by atoms with Gasteiger partial charge in [-0.1, -0.05) is 36.4 Å². The number of aryl methyl sites for hydroxylation is 1. The molecular weight excluding hydrogens is 374 g/mol. The van der Waals surface area contributed by atoms with Gasteiger partial charge < -0.3 is 10.2 Å². The average molecular weight is 400 g/mol. The Kier molecular flexibility index (Phi) is 5.23. The molecule has 7 heteroatoms. The van der Waals surface area contributed by atoms with Gasteiger partial charge in [0.1, 0.15) is 0 Å². The van der Waals surface area contributed by atoms with E-state index in [2.05, 4.69) is 10.0 Å². The number of benzene rings is 2. The monoisotopic (exact) mass is 399 g/mol. The predicted octanol–water partition coefficient (Wildman–Crippen LogP) is 1.76. The maximum atomic E-state index is 12.9. The summed E-state index contributed by atoms with van der Waals surface area (Å²) in [5.41, 5.74) is 1.94. The third-order valence-corrected chi connectivity index (χ3v) is 7.25. The smallest absolute Gasteiger partial charge is 0.253 e. The van der Waals surface area contributed by atoms with Crippen LogP contribution in [-0.4, -0.2) is 45.4 Å². The molecule has 1 amide bonds. The quantitative estimate of drug-likeness (QED) is 0.803. The summed E-state index contributed by atoms with van der Waals surface area (Å²) in [6.45, 7) is 5.33. The first-order valence-corrected chi connectivity index (χ1v) is 11.1. The lowest BCUT2D eigenvalue weighted by Crippen LogP contribution is -2.32. The van der Waals surface area contributed by atoms with Crippen molar-refractivity contribution in [2.24, 2.45) is 11.8 Å². The summed E-state index contributed by atoms with van der Waals surface area (Å²) in [5, 5.41) is 3.36. The van der Waals surface area contributed by atoms with Gasteiger partial charge in [0.25, 0.3) is 5.91 Å². The molecule has 6 nitrogen and oxygen atoms in total. The number of rotatable bonds is 5. The first-order valence-electron chi connectivity index (χ1n) is 9.58. The zero-order valence-corrected chi connectivity index (χ0v) is 16.7. The fourth-order valence-electron chi connectivity index (χ4n) is 4.08. The maximum absolute atomic E-state index is 12.9. The molecule has 0 aromatic heterocycles. The largest absolute Gasteiger partial charge is 0.338 e. The molecule has 2 aliphatic heterocycles. The number of hydrogen-bond acceptors (Lipinski definition) is 4. The summed E-state index contributed by atoms with van der Waals surface area (Å²) in [6.07, 6.45) is 0. The highest BCUT2D eigenvalue weighted by Gasteiger charge is 2.38. The molecule has 2 aliphatic rings. The Balaban J connectivity index is 1.52. The lowest BCUT2D eigenvalue weighted by molar-refractivity contribution is 0.0781. The van der Waals surface area contributed by atoms with Gasteiger partial charge in [0.15, 0.2) is 0 Å². The van der Waals surface area contributed by atoms with Crippen LogP contribution in [0.4, 0.5) is 0 Å². The normalized spacial score (nSPS) is 21.7. The Morgan fingerprint density at radius 1 is 1.11 bits per heavy atom. The van der Waals surface area contributed by atoms with Crippen molar-refractivity contribution in [2.75, 3.05) is 26.2 Å². The number of carbonyl (C=O) groups is 1. The Labute approximate surface area is 166 Å². The van der Waals surface area contributed by atoms with Crippen LogP contribution in [0.25, 0.3) is 0 Å².